The molecule has 4 aliphatic carbocycles. The molecule has 0 aromatic carbocycles. The molecule has 280 valence electrons. The van der Waals surface area contributed by atoms with Crippen molar-refractivity contribution in [3.8, 4) is 0 Å². The van der Waals surface area contributed by atoms with Crippen LogP contribution < -0.4 is 11.1 Å². The third kappa shape index (κ3) is 5.09. The first kappa shape index (κ1) is 36.3. The van der Waals surface area contributed by atoms with Gasteiger partial charge in [0, 0.05) is 29.6 Å². The molecule has 1 aromatic heterocycles. The number of aromatic nitrogens is 4. The molecule has 6 aliphatic rings. The Morgan fingerprint density at radius 1 is 1.08 bits per heavy atom. The molecule has 7 rings (SSSR count). The second kappa shape index (κ2) is 12.5. The maximum absolute atomic E-state index is 13.5. The van der Waals surface area contributed by atoms with Crippen molar-refractivity contribution in [2.24, 2.45) is 56.7 Å². The Labute approximate surface area is 299 Å². The van der Waals surface area contributed by atoms with Crippen LogP contribution in [0.5, 0.6) is 0 Å². The van der Waals surface area contributed by atoms with Gasteiger partial charge in [-0.1, -0.05) is 72.1 Å². The number of nitrogens with zero attached hydrogens (tertiary/aromatic N) is 4. The van der Waals surface area contributed by atoms with Crippen molar-refractivity contribution in [1.29, 1.82) is 0 Å². The van der Waals surface area contributed by atoms with Gasteiger partial charge in [-0.05, 0) is 103 Å². The van der Waals surface area contributed by atoms with Gasteiger partial charge in [-0.15, -0.1) is 5.10 Å². The van der Waals surface area contributed by atoms with Crippen LogP contribution >= 0.6 is 0 Å². The fourth-order valence-electron chi connectivity index (χ4n) is 13.2. The van der Waals surface area contributed by atoms with Crippen molar-refractivity contribution in [2.45, 2.75) is 124 Å². The molecular formula is C39H64N6O5. The van der Waals surface area contributed by atoms with Crippen molar-refractivity contribution < 1.29 is 24.1 Å². The van der Waals surface area contributed by atoms with E-state index >= 15 is 0 Å². The van der Waals surface area contributed by atoms with E-state index in [2.05, 4.69) is 82.2 Å². The largest absolute Gasteiger partial charge is 0.481 e. The Bertz CT molecular complexity index is 1470. The predicted octanol–water partition coefficient (Wildman–Crippen LogP) is 5.93. The highest BCUT2D eigenvalue weighted by molar-refractivity contribution is 5.73. The molecule has 3 heterocycles. The second-order valence-corrected chi connectivity index (χ2v) is 18.7. The normalized spacial score (nSPS) is 44.4. The lowest BCUT2D eigenvalue weighted by Crippen LogP contribution is -2.69. The number of hydrogen-bond acceptors (Lipinski definition) is 9. The van der Waals surface area contributed by atoms with Crippen LogP contribution in [0.2, 0.25) is 0 Å². The summed E-state index contributed by atoms with van der Waals surface area (Å²) in [6.07, 6.45) is 9.77. The van der Waals surface area contributed by atoms with Crippen LogP contribution in [-0.2, 0) is 19.0 Å². The summed E-state index contributed by atoms with van der Waals surface area (Å²) in [5.41, 5.74) is 6.17. The van der Waals surface area contributed by atoms with Gasteiger partial charge in [-0.25, -0.2) is 0 Å². The zero-order valence-corrected chi connectivity index (χ0v) is 32.0. The molecule has 0 spiro atoms. The number of aliphatic carboxylic acids is 1. The van der Waals surface area contributed by atoms with Gasteiger partial charge < -0.3 is 30.4 Å². The summed E-state index contributed by atoms with van der Waals surface area (Å²) in [5.74, 6) is 0.503. The van der Waals surface area contributed by atoms with Crippen LogP contribution in [-0.4, -0.2) is 82.5 Å². The first-order valence-electron chi connectivity index (χ1n) is 19.6. The number of carboxylic acids is 1. The van der Waals surface area contributed by atoms with E-state index in [1.807, 2.05) is 0 Å². The Hall–Kier alpha value is -2.08. The number of carbonyl (C=O) groups is 1. The number of nitrogens with one attached hydrogen (secondary N) is 1. The molecule has 3 saturated carbocycles. The topological polar surface area (TPSA) is 147 Å². The molecule has 5 fully saturated rings. The van der Waals surface area contributed by atoms with E-state index in [9.17, 15) is 9.90 Å². The maximum Gasteiger partial charge on any atom is 0.307 e. The minimum absolute atomic E-state index is 0.140. The van der Waals surface area contributed by atoms with E-state index in [-0.39, 0.29) is 56.6 Å². The number of carboxylic acid groups (broad SMARTS) is 1. The first-order valence-corrected chi connectivity index (χ1v) is 19.6. The summed E-state index contributed by atoms with van der Waals surface area (Å²) in [6, 6.07) is -0.169. The minimum atomic E-state index is -0.627. The Balaban J connectivity index is 1.29. The third-order valence-corrected chi connectivity index (χ3v) is 16.4. The van der Waals surface area contributed by atoms with E-state index in [0.29, 0.717) is 37.6 Å². The fraction of sp³-hybridized carbons (Fsp3) is 0.897. The molecule has 11 atom stereocenters. The third-order valence-electron chi connectivity index (χ3n) is 16.4. The van der Waals surface area contributed by atoms with Crippen molar-refractivity contribution >= 4 is 11.9 Å². The number of nitrogens with two attached hydrogens (primary N) is 1. The summed E-state index contributed by atoms with van der Waals surface area (Å²) < 4.78 is 19.7. The van der Waals surface area contributed by atoms with E-state index < -0.39 is 11.9 Å². The molecule has 0 unspecified atom stereocenters. The first-order chi connectivity index (χ1) is 23.6. The van der Waals surface area contributed by atoms with Gasteiger partial charge in [-0.2, -0.15) is 4.80 Å². The highest BCUT2D eigenvalue weighted by Gasteiger charge is 2.72. The van der Waals surface area contributed by atoms with E-state index in [4.69, 9.17) is 19.9 Å². The molecule has 4 N–H and O–H groups in total. The van der Waals surface area contributed by atoms with Crippen molar-refractivity contribution in [3.05, 3.63) is 11.6 Å². The number of nitrogen functional groups attached to an aromatic ring is 1. The molecule has 2 aliphatic heterocycles. The standard InChI is InChI=1S/C39H64N6O5/c1-9-41-38(16-18-48-19-17-38)22-50-31-28(45-43-33(40)42-44-45)20-39-23-49-21-35(31,6)29(39)11-10-26-27(39)12-13-37(8)30(32(46)47)34(5,25(4)24(2)3)14-15-36(26,37)7/h12,24-26,28-31,41H,9-11,13-23H2,1-8H3,(H2,40,43)(H,46,47)/t25-,26+,28-,29+,30-,31+,34-,35+,36-,37+,39+/m1/s1. The molecule has 2 bridgehead atoms. The second-order valence-electron chi connectivity index (χ2n) is 18.7. The summed E-state index contributed by atoms with van der Waals surface area (Å²) in [6.45, 7) is 22.5. The molecule has 1 aromatic rings. The summed E-state index contributed by atoms with van der Waals surface area (Å²) in [5, 5.41) is 28.1. The minimum Gasteiger partial charge on any atom is -0.481 e. The van der Waals surface area contributed by atoms with Gasteiger partial charge >= 0.3 is 5.97 Å². The number of hydrogen-bond donors (Lipinski definition) is 3. The average molecular weight is 697 g/mol. The fourth-order valence-corrected chi connectivity index (χ4v) is 13.2. The van der Waals surface area contributed by atoms with Gasteiger partial charge in [0.25, 0.3) is 5.95 Å². The van der Waals surface area contributed by atoms with Gasteiger partial charge in [0.15, 0.2) is 0 Å². The zero-order chi connectivity index (χ0) is 35.9. The lowest BCUT2D eigenvalue weighted by molar-refractivity contribution is -0.255. The SMILES string of the molecule is CCNC1(CO[C@H]2[C@H](n3nnc(N)n3)C[C@@]34COC[C@@]2(C)[C@@H]3CC[C@H]2C4=CC[C@@]3(C)[C@H](C(=O)O)[C@@](C)([C@H](C)C(C)C)CC[C@]23C)CCOCC1. The van der Waals surface area contributed by atoms with Crippen molar-refractivity contribution in [3.63, 3.8) is 0 Å². The van der Waals surface area contributed by atoms with E-state index in [1.54, 1.807) is 4.80 Å². The molecular weight excluding hydrogens is 632 g/mol. The zero-order valence-electron chi connectivity index (χ0n) is 32.0. The van der Waals surface area contributed by atoms with E-state index in [0.717, 1.165) is 71.1 Å². The number of allylic oxidation sites excluding steroid dienone is 1. The molecule has 11 nitrogen and oxygen atoms in total. The number of tetrazole rings is 1. The van der Waals surface area contributed by atoms with Crippen molar-refractivity contribution in [1.82, 2.24) is 25.5 Å². The Kier molecular flexibility index (Phi) is 9.08. The van der Waals surface area contributed by atoms with Crippen LogP contribution in [0.1, 0.15) is 113 Å². The Morgan fingerprint density at radius 2 is 1.82 bits per heavy atom. The molecule has 11 heteroatoms. The van der Waals surface area contributed by atoms with Gasteiger partial charge in [0.2, 0.25) is 0 Å². The lowest BCUT2D eigenvalue weighted by Gasteiger charge is -2.71. The molecule has 50 heavy (non-hydrogen) atoms. The number of anilines is 1. The molecule has 0 amide bonds. The van der Waals surface area contributed by atoms with Crippen LogP contribution in [0.3, 0.4) is 0 Å². The number of likely N-dealkylation sites (N-methyl/N-ethyl adjacent to an activating group) is 1. The maximum atomic E-state index is 13.5. The van der Waals surface area contributed by atoms with Gasteiger partial charge in [0.1, 0.15) is 6.04 Å². The van der Waals surface area contributed by atoms with Crippen LogP contribution in [0, 0.1) is 56.7 Å². The Morgan fingerprint density at radius 3 is 2.46 bits per heavy atom. The summed E-state index contributed by atoms with van der Waals surface area (Å²) >= 11 is 0. The molecule has 2 saturated heterocycles. The average Bonchev–Trinajstić information content (AvgIpc) is 3.50. The summed E-state index contributed by atoms with van der Waals surface area (Å²) in [7, 11) is 0. The number of fused-ring (bicyclic) bond motifs is 3. The quantitative estimate of drug-likeness (QED) is 0.266. The smallest absolute Gasteiger partial charge is 0.307 e. The van der Waals surface area contributed by atoms with Crippen LogP contribution in [0.4, 0.5) is 5.95 Å². The lowest BCUT2D eigenvalue weighted by atomic mass is 9.34. The highest BCUT2D eigenvalue weighted by Crippen LogP contribution is 2.75. The number of rotatable bonds is 9. The van der Waals surface area contributed by atoms with E-state index in [1.165, 1.54) is 5.57 Å². The van der Waals surface area contributed by atoms with Gasteiger partial charge in [0.05, 0.1) is 31.8 Å². The van der Waals surface area contributed by atoms with Crippen molar-refractivity contribution in [2.75, 3.05) is 45.3 Å². The predicted molar refractivity (Wildman–Crippen MR) is 191 cm³/mol. The monoisotopic (exact) mass is 696 g/mol. The van der Waals surface area contributed by atoms with Gasteiger partial charge in [-0.3, -0.25) is 4.79 Å². The molecule has 0 radical (unpaired) electrons. The highest BCUT2D eigenvalue weighted by atomic mass is 16.5. The van der Waals surface area contributed by atoms with Crippen LogP contribution in [0.15, 0.2) is 11.6 Å². The van der Waals surface area contributed by atoms with Crippen LogP contribution in [0.25, 0.3) is 0 Å². The number of ether oxygens (including phenoxy) is 3. The summed E-state index contributed by atoms with van der Waals surface area (Å²) in [4.78, 5) is 15.2.